The van der Waals surface area contributed by atoms with Crippen LogP contribution in [-0.4, -0.2) is 34.1 Å². The average Bonchev–Trinajstić information content (AvgIpc) is 3.07. The molecular weight excluding hydrogens is 386 g/mol. The molecule has 1 aliphatic rings. The standard InChI is InChI=1S/C21H19N5O4/c1-12-9-19(22-13(2)27)26(25-12)16-6-4-15(5-7-16)23-21(29)14-3-8-17-18(10-14)30-11-20(28)24-17/h3-10H,11H2,1-2H3,(H,22,27)(H,23,29)(H,24,28). The molecule has 0 fully saturated rings. The number of nitrogens with zero attached hydrogens (tertiary/aromatic N) is 2. The second-order valence-electron chi connectivity index (χ2n) is 6.81. The number of aromatic nitrogens is 2. The minimum Gasteiger partial charge on any atom is -0.482 e. The lowest BCUT2D eigenvalue weighted by molar-refractivity contribution is -0.118. The van der Waals surface area contributed by atoms with Crippen molar-refractivity contribution >= 4 is 34.9 Å². The summed E-state index contributed by atoms with van der Waals surface area (Å²) in [4.78, 5) is 35.3. The Bertz CT molecular complexity index is 1150. The van der Waals surface area contributed by atoms with Gasteiger partial charge >= 0.3 is 0 Å². The molecule has 3 aromatic rings. The lowest BCUT2D eigenvalue weighted by Gasteiger charge is -2.18. The summed E-state index contributed by atoms with van der Waals surface area (Å²) < 4.78 is 6.97. The van der Waals surface area contributed by atoms with Crippen LogP contribution < -0.4 is 20.7 Å². The molecule has 0 saturated carbocycles. The molecule has 152 valence electrons. The van der Waals surface area contributed by atoms with Gasteiger partial charge in [0.1, 0.15) is 11.6 Å². The zero-order valence-electron chi connectivity index (χ0n) is 16.4. The fraction of sp³-hybridized carbons (Fsp3) is 0.143. The van der Waals surface area contributed by atoms with Crippen molar-refractivity contribution in [3.05, 3.63) is 59.8 Å². The van der Waals surface area contributed by atoms with Crippen LogP contribution >= 0.6 is 0 Å². The average molecular weight is 405 g/mol. The number of hydrogen-bond acceptors (Lipinski definition) is 5. The van der Waals surface area contributed by atoms with Crippen molar-refractivity contribution in [1.29, 1.82) is 0 Å². The molecule has 2 aromatic carbocycles. The second-order valence-corrected chi connectivity index (χ2v) is 6.81. The van der Waals surface area contributed by atoms with Gasteiger partial charge in [0.2, 0.25) is 5.91 Å². The maximum absolute atomic E-state index is 12.6. The van der Waals surface area contributed by atoms with E-state index in [2.05, 4.69) is 21.0 Å². The Morgan fingerprint density at radius 1 is 1.10 bits per heavy atom. The molecule has 3 amide bonds. The maximum Gasteiger partial charge on any atom is 0.262 e. The fourth-order valence-electron chi connectivity index (χ4n) is 3.07. The third kappa shape index (κ3) is 4.00. The number of aryl methyl sites for hydroxylation is 1. The molecular formula is C21H19N5O4. The lowest BCUT2D eigenvalue weighted by Crippen LogP contribution is -2.25. The molecule has 2 heterocycles. The third-order valence-corrected chi connectivity index (χ3v) is 4.38. The number of rotatable bonds is 4. The number of anilines is 3. The van der Waals surface area contributed by atoms with Crippen LogP contribution in [0, 0.1) is 6.92 Å². The molecule has 3 N–H and O–H groups in total. The number of fused-ring (bicyclic) bond motifs is 1. The predicted octanol–water partition coefficient (Wildman–Crippen LogP) is 2.72. The van der Waals surface area contributed by atoms with Crippen molar-refractivity contribution in [2.75, 3.05) is 22.6 Å². The molecule has 0 atom stereocenters. The van der Waals surface area contributed by atoms with Crippen LogP contribution in [-0.2, 0) is 9.59 Å². The highest BCUT2D eigenvalue weighted by Crippen LogP contribution is 2.29. The van der Waals surface area contributed by atoms with Crippen molar-refractivity contribution in [3.63, 3.8) is 0 Å². The largest absolute Gasteiger partial charge is 0.482 e. The Kier molecular flexibility index (Phi) is 4.93. The van der Waals surface area contributed by atoms with Gasteiger partial charge in [-0.05, 0) is 49.4 Å². The summed E-state index contributed by atoms with van der Waals surface area (Å²) in [6.45, 7) is 3.20. The Balaban J connectivity index is 1.50. The summed E-state index contributed by atoms with van der Waals surface area (Å²) in [6.07, 6.45) is 0. The smallest absolute Gasteiger partial charge is 0.262 e. The van der Waals surface area contributed by atoms with Crippen LogP contribution in [0.3, 0.4) is 0 Å². The van der Waals surface area contributed by atoms with Gasteiger partial charge in [-0.3, -0.25) is 14.4 Å². The van der Waals surface area contributed by atoms with E-state index in [1.54, 1.807) is 53.2 Å². The van der Waals surface area contributed by atoms with E-state index in [0.29, 0.717) is 28.5 Å². The molecule has 0 saturated heterocycles. The van der Waals surface area contributed by atoms with Gasteiger partial charge in [-0.15, -0.1) is 0 Å². The summed E-state index contributed by atoms with van der Waals surface area (Å²) in [5.74, 6) is 0.303. The van der Waals surface area contributed by atoms with Gasteiger partial charge in [0.05, 0.1) is 17.1 Å². The molecule has 9 heteroatoms. The molecule has 30 heavy (non-hydrogen) atoms. The molecule has 1 aromatic heterocycles. The number of benzene rings is 2. The van der Waals surface area contributed by atoms with Gasteiger partial charge in [-0.1, -0.05) is 0 Å². The summed E-state index contributed by atoms with van der Waals surface area (Å²) in [7, 11) is 0. The third-order valence-electron chi connectivity index (χ3n) is 4.38. The van der Waals surface area contributed by atoms with Crippen LogP contribution in [0.5, 0.6) is 5.75 Å². The molecule has 0 aliphatic carbocycles. The summed E-state index contributed by atoms with van der Waals surface area (Å²) in [5.41, 5.74) is 3.05. The molecule has 1 aliphatic heterocycles. The molecule has 0 unspecified atom stereocenters. The normalized spacial score (nSPS) is 12.4. The molecule has 0 bridgehead atoms. The van der Waals surface area contributed by atoms with E-state index in [-0.39, 0.29) is 24.3 Å². The van der Waals surface area contributed by atoms with Gasteiger partial charge in [0.15, 0.2) is 6.61 Å². The van der Waals surface area contributed by atoms with Crippen molar-refractivity contribution in [3.8, 4) is 11.4 Å². The van der Waals surface area contributed by atoms with Crippen LogP contribution in [0.2, 0.25) is 0 Å². The predicted molar refractivity (Wildman–Crippen MR) is 111 cm³/mol. The number of carbonyl (C=O) groups is 3. The van der Waals surface area contributed by atoms with Gasteiger partial charge in [0.25, 0.3) is 11.8 Å². The first-order chi connectivity index (χ1) is 14.4. The highest BCUT2D eigenvalue weighted by Gasteiger charge is 2.18. The molecule has 4 rings (SSSR count). The van der Waals surface area contributed by atoms with Crippen molar-refractivity contribution in [1.82, 2.24) is 9.78 Å². The van der Waals surface area contributed by atoms with E-state index >= 15 is 0 Å². The van der Waals surface area contributed by atoms with Gasteiger partial charge in [-0.2, -0.15) is 5.10 Å². The first-order valence-corrected chi connectivity index (χ1v) is 9.22. The van der Waals surface area contributed by atoms with E-state index in [4.69, 9.17) is 4.74 Å². The molecule has 0 radical (unpaired) electrons. The number of amides is 3. The van der Waals surface area contributed by atoms with E-state index < -0.39 is 0 Å². The number of nitrogens with one attached hydrogen (secondary N) is 3. The highest BCUT2D eigenvalue weighted by atomic mass is 16.5. The van der Waals surface area contributed by atoms with Crippen LogP contribution in [0.25, 0.3) is 5.69 Å². The van der Waals surface area contributed by atoms with Crippen molar-refractivity contribution < 1.29 is 19.1 Å². The topological polar surface area (TPSA) is 114 Å². The second kappa shape index (κ2) is 7.70. The number of carbonyl (C=O) groups excluding carboxylic acids is 3. The molecule has 9 nitrogen and oxygen atoms in total. The van der Waals surface area contributed by atoms with Gasteiger partial charge < -0.3 is 20.7 Å². The van der Waals surface area contributed by atoms with Crippen LogP contribution in [0.15, 0.2) is 48.5 Å². The van der Waals surface area contributed by atoms with E-state index in [1.807, 2.05) is 6.92 Å². The van der Waals surface area contributed by atoms with E-state index in [9.17, 15) is 14.4 Å². The van der Waals surface area contributed by atoms with Gasteiger partial charge in [0, 0.05) is 24.2 Å². The van der Waals surface area contributed by atoms with Crippen molar-refractivity contribution in [2.45, 2.75) is 13.8 Å². The minimum absolute atomic E-state index is 0.0765. The summed E-state index contributed by atoms with van der Waals surface area (Å²) in [6, 6.07) is 13.7. The quantitative estimate of drug-likeness (QED) is 0.618. The van der Waals surface area contributed by atoms with Crippen LogP contribution in [0.1, 0.15) is 23.0 Å². The number of hydrogen-bond donors (Lipinski definition) is 3. The SMILES string of the molecule is CC(=O)Nc1cc(C)nn1-c1ccc(NC(=O)c2ccc3c(c2)OCC(=O)N3)cc1. The first-order valence-electron chi connectivity index (χ1n) is 9.22. The Morgan fingerprint density at radius 3 is 2.60 bits per heavy atom. The Morgan fingerprint density at radius 2 is 1.87 bits per heavy atom. The summed E-state index contributed by atoms with van der Waals surface area (Å²) in [5, 5.41) is 12.6. The molecule has 0 spiro atoms. The minimum atomic E-state index is -0.306. The van der Waals surface area contributed by atoms with E-state index in [0.717, 1.165) is 11.4 Å². The zero-order chi connectivity index (χ0) is 21.3. The van der Waals surface area contributed by atoms with Gasteiger partial charge in [-0.25, -0.2) is 4.68 Å². The summed E-state index contributed by atoms with van der Waals surface area (Å²) >= 11 is 0. The fourth-order valence-corrected chi connectivity index (χ4v) is 3.07. The van der Waals surface area contributed by atoms with Crippen LogP contribution in [0.4, 0.5) is 17.2 Å². The zero-order valence-corrected chi connectivity index (χ0v) is 16.4. The highest BCUT2D eigenvalue weighted by molar-refractivity contribution is 6.05. The maximum atomic E-state index is 12.6. The first kappa shape index (κ1) is 19.2. The van der Waals surface area contributed by atoms with E-state index in [1.165, 1.54) is 6.92 Å². The lowest BCUT2D eigenvalue weighted by atomic mass is 10.1. The Labute approximate surface area is 172 Å². The monoisotopic (exact) mass is 405 g/mol. The number of ether oxygens (including phenoxy) is 1. The Hall–Kier alpha value is -4.14. The van der Waals surface area contributed by atoms with Crippen molar-refractivity contribution in [2.24, 2.45) is 0 Å².